The molecule has 0 aromatic heterocycles. The Morgan fingerprint density at radius 3 is 2.84 bits per heavy atom. The normalized spacial score (nSPS) is 23.3. The van der Waals surface area contributed by atoms with E-state index in [1.807, 2.05) is 6.92 Å². The van der Waals surface area contributed by atoms with Crippen LogP contribution in [0.1, 0.15) is 23.7 Å². The van der Waals surface area contributed by atoms with E-state index in [1.54, 1.807) is 11.0 Å². The molecule has 4 nitrogen and oxygen atoms in total. The number of nitrogens with zero attached hydrogens (tertiary/aromatic N) is 1. The Bertz CT molecular complexity index is 469. The molecular formula is C14H19FN2O2. The van der Waals surface area contributed by atoms with Gasteiger partial charge < -0.3 is 15.4 Å². The largest absolute Gasteiger partial charge is 0.496 e. The highest BCUT2D eigenvalue weighted by molar-refractivity contribution is 5.97. The van der Waals surface area contributed by atoms with Gasteiger partial charge in [-0.15, -0.1) is 0 Å². The molecule has 1 saturated heterocycles. The molecule has 0 spiro atoms. The molecule has 19 heavy (non-hydrogen) atoms. The van der Waals surface area contributed by atoms with Crippen molar-refractivity contribution < 1.29 is 13.9 Å². The number of methoxy groups -OCH3 is 1. The Morgan fingerprint density at radius 1 is 1.47 bits per heavy atom. The number of halogens is 1. The molecule has 1 fully saturated rings. The third-order valence-corrected chi connectivity index (χ3v) is 3.39. The van der Waals surface area contributed by atoms with Crippen molar-refractivity contribution in [3.8, 4) is 5.75 Å². The fourth-order valence-corrected chi connectivity index (χ4v) is 2.61. The minimum absolute atomic E-state index is 0.00806. The average Bonchev–Trinajstić information content (AvgIpc) is 2.36. The fraction of sp³-hybridized carbons (Fsp3) is 0.500. The van der Waals surface area contributed by atoms with Crippen molar-refractivity contribution in [1.82, 2.24) is 4.90 Å². The van der Waals surface area contributed by atoms with Crippen molar-refractivity contribution in [3.05, 3.63) is 29.6 Å². The predicted octanol–water partition coefficient (Wildman–Crippen LogP) is 1.64. The zero-order valence-electron chi connectivity index (χ0n) is 11.2. The van der Waals surface area contributed by atoms with E-state index in [9.17, 15) is 9.18 Å². The first-order valence-electron chi connectivity index (χ1n) is 6.40. The van der Waals surface area contributed by atoms with Gasteiger partial charge in [0.15, 0.2) is 0 Å². The van der Waals surface area contributed by atoms with Crippen molar-refractivity contribution >= 4 is 5.91 Å². The van der Waals surface area contributed by atoms with Crippen molar-refractivity contribution in [1.29, 1.82) is 0 Å². The number of amides is 1. The lowest BCUT2D eigenvalue weighted by molar-refractivity contribution is 0.0652. The van der Waals surface area contributed by atoms with Crippen LogP contribution in [0, 0.1) is 11.7 Å². The molecule has 0 bridgehead atoms. The number of likely N-dealkylation sites (tertiary alicyclic amines) is 1. The maximum atomic E-state index is 13.9. The zero-order chi connectivity index (χ0) is 14.0. The van der Waals surface area contributed by atoms with Crippen molar-refractivity contribution in [2.45, 2.75) is 19.4 Å². The maximum Gasteiger partial charge on any atom is 0.260 e. The summed E-state index contributed by atoms with van der Waals surface area (Å²) in [5.74, 6) is -0.324. The van der Waals surface area contributed by atoms with E-state index >= 15 is 0 Å². The van der Waals surface area contributed by atoms with Gasteiger partial charge in [0.1, 0.15) is 17.1 Å². The predicted molar refractivity (Wildman–Crippen MR) is 70.6 cm³/mol. The number of carbonyl (C=O) groups excluding carboxylic acids is 1. The van der Waals surface area contributed by atoms with Crippen LogP contribution in [0.3, 0.4) is 0 Å². The molecule has 104 valence electrons. The lowest BCUT2D eigenvalue weighted by Crippen LogP contribution is -2.49. The molecule has 2 rings (SSSR count). The summed E-state index contributed by atoms with van der Waals surface area (Å²) in [6.07, 6.45) is 0.887. The Kier molecular flexibility index (Phi) is 4.04. The van der Waals surface area contributed by atoms with Crippen molar-refractivity contribution in [2.75, 3.05) is 20.2 Å². The first-order valence-corrected chi connectivity index (χ1v) is 6.40. The molecule has 0 aliphatic carbocycles. The second-order valence-corrected chi connectivity index (χ2v) is 5.13. The van der Waals surface area contributed by atoms with Gasteiger partial charge in [0.25, 0.3) is 5.91 Å². The molecule has 1 amide bonds. The molecule has 0 saturated carbocycles. The minimum atomic E-state index is -0.559. The lowest BCUT2D eigenvalue weighted by atomic mass is 9.96. The first-order chi connectivity index (χ1) is 9.02. The van der Waals surface area contributed by atoms with Gasteiger partial charge in [-0.05, 0) is 24.5 Å². The van der Waals surface area contributed by atoms with Crippen LogP contribution in [-0.4, -0.2) is 37.0 Å². The number of benzene rings is 1. The summed E-state index contributed by atoms with van der Waals surface area (Å²) in [5.41, 5.74) is 5.91. The molecule has 1 aliphatic heterocycles. The number of piperidine rings is 1. The molecule has 1 heterocycles. The topological polar surface area (TPSA) is 55.6 Å². The molecule has 2 unspecified atom stereocenters. The fourth-order valence-electron chi connectivity index (χ4n) is 2.61. The van der Waals surface area contributed by atoms with Gasteiger partial charge in [-0.2, -0.15) is 0 Å². The summed E-state index contributed by atoms with van der Waals surface area (Å²) in [6.45, 7) is 3.10. The SMILES string of the molecule is COc1cccc(F)c1C(=O)N1CC(C)CC(N)C1. The van der Waals surface area contributed by atoms with Gasteiger partial charge in [0, 0.05) is 19.1 Å². The number of nitrogens with two attached hydrogens (primary N) is 1. The smallest absolute Gasteiger partial charge is 0.260 e. The second kappa shape index (κ2) is 5.57. The highest BCUT2D eigenvalue weighted by Gasteiger charge is 2.29. The van der Waals surface area contributed by atoms with Crippen LogP contribution >= 0.6 is 0 Å². The van der Waals surface area contributed by atoms with Crippen LogP contribution in [0.2, 0.25) is 0 Å². The summed E-state index contributed by atoms with van der Waals surface area (Å²) in [6, 6.07) is 4.33. The molecule has 1 aromatic rings. The minimum Gasteiger partial charge on any atom is -0.496 e. The van der Waals surface area contributed by atoms with Crippen molar-refractivity contribution in [2.24, 2.45) is 11.7 Å². The summed E-state index contributed by atoms with van der Waals surface area (Å²) in [5, 5.41) is 0. The Hall–Kier alpha value is -1.62. The molecule has 1 aromatic carbocycles. The highest BCUT2D eigenvalue weighted by Crippen LogP contribution is 2.25. The van der Waals surface area contributed by atoms with Gasteiger partial charge in [-0.3, -0.25) is 4.79 Å². The number of ether oxygens (including phenoxy) is 1. The Balaban J connectivity index is 2.29. The van der Waals surface area contributed by atoms with Crippen LogP contribution < -0.4 is 10.5 Å². The maximum absolute atomic E-state index is 13.9. The molecule has 5 heteroatoms. The summed E-state index contributed by atoms with van der Waals surface area (Å²) in [4.78, 5) is 14.1. The van der Waals surface area contributed by atoms with E-state index in [1.165, 1.54) is 19.2 Å². The van der Waals surface area contributed by atoms with E-state index in [-0.39, 0.29) is 23.3 Å². The van der Waals surface area contributed by atoms with E-state index in [2.05, 4.69) is 0 Å². The van der Waals surface area contributed by atoms with Gasteiger partial charge >= 0.3 is 0 Å². The number of hydrogen-bond donors (Lipinski definition) is 1. The van der Waals surface area contributed by atoms with Crippen molar-refractivity contribution in [3.63, 3.8) is 0 Å². The Labute approximate surface area is 112 Å². The van der Waals surface area contributed by atoms with Crippen LogP contribution in [0.15, 0.2) is 18.2 Å². The van der Waals surface area contributed by atoms with Crippen LogP contribution in [0.4, 0.5) is 4.39 Å². The molecule has 2 atom stereocenters. The van der Waals surface area contributed by atoms with E-state index in [0.717, 1.165) is 6.42 Å². The molecule has 2 N–H and O–H groups in total. The standard InChI is InChI=1S/C14H19FN2O2/c1-9-6-10(16)8-17(7-9)14(18)13-11(15)4-3-5-12(13)19-2/h3-5,9-10H,6-8,16H2,1-2H3. The number of rotatable bonds is 2. The number of carbonyl (C=O) groups is 1. The van der Waals surface area contributed by atoms with Crippen LogP contribution in [0.5, 0.6) is 5.75 Å². The monoisotopic (exact) mass is 266 g/mol. The van der Waals surface area contributed by atoms with E-state index in [4.69, 9.17) is 10.5 Å². The van der Waals surface area contributed by atoms with E-state index in [0.29, 0.717) is 19.0 Å². The van der Waals surface area contributed by atoms with E-state index < -0.39 is 5.82 Å². The summed E-state index contributed by atoms with van der Waals surface area (Å²) < 4.78 is 19.0. The van der Waals surface area contributed by atoms with Crippen LogP contribution in [0.25, 0.3) is 0 Å². The number of hydrogen-bond acceptors (Lipinski definition) is 3. The van der Waals surface area contributed by atoms with Gasteiger partial charge in [-0.25, -0.2) is 4.39 Å². The quantitative estimate of drug-likeness (QED) is 0.885. The summed E-state index contributed by atoms with van der Waals surface area (Å²) >= 11 is 0. The molecular weight excluding hydrogens is 247 g/mol. The average molecular weight is 266 g/mol. The van der Waals surface area contributed by atoms with Gasteiger partial charge in [-0.1, -0.05) is 13.0 Å². The summed E-state index contributed by atoms with van der Waals surface area (Å²) in [7, 11) is 1.43. The molecule has 0 radical (unpaired) electrons. The lowest BCUT2D eigenvalue weighted by Gasteiger charge is -2.35. The van der Waals surface area contributed by atoms with Gasteiger partial charge in [0.2, 0.25) is 0 Å². The Morgan fingerprint density at radius 2 is 2.21 bits per heavy atom. The first kappa shape index (κ1) is 13.8. The van der Waals surface area contributed by atoms with Crippen LogP contribution in [-0.2, 0) is 0 Å². The second-order valence-electron chi connectivity index (χ2n) is 5.13. The third-order valence-electron chi connectivity index (χ3n) is 3.39. The highest BCUT2D eigenvalue weighted by atomic mass is 19.1. The van der Waals surface area contributed by atoms with Gasteiger partial charge in [0.05, 0.1) is 7.11 Å². The molecule has 1 aliphatic rings. The zero-order valence-corrected chi connectivity index (χ0v) is 11.2. The third kappa shape index (κ3) is 2.87.